The van der Waals surface area contributed by atoms with Crippen molar-refractivity contribution in [3.05, 3.63) is 24.0 Å². The van der Waals surface area contributed by atoms with Crippen molar-refractivity contribution < 1.29 is 14.3 Å². The van der Waals surface area contributed by atoms with Crippen molar-refractivity contribution in [2.45, 2.75) is 50.4 Å². The number of carbonyl (C=O) groups excluding carboxylic acids is 1. The molecule has 1 amide bonds. The zero-order chi connectivity index (χ0) is 17.1. The standard InChI is InChI=1S/C19H29N3O3/c23-19(16-4-3-8-20-16)22-11-7-18-17(22)6-5-15(25-18)14-24-13-12-21-9-1-2-10-21/h3-4,8,15,17-18,20H,1-2,5-7,9-14H2/t15-,17-,18-/m0/s1. The SMILES string of the molecule is O=C(c1ccc[nH]1)N1CC[C@@H]2O[C@H](COCCN3CCCC3)CC[C@@H]21. The van der Waals surface area contributed by atoms with Crippen LogP contribution < -0.4 is 0 Å². The summed E-state index contributed by atoms with van der Waals surface area (Å²) in [6.07, 6.45) is 7.71. The molecule has 3 aliphatic rings. The number of ether oxygens (including phenoxy) is 2. The van der Waals surface area contributed by atoms with Gasteiger partial charge in [0.2, 0.25) is 0 Å². The number of amides is 1. The summed E-state index contributed by atoms with van der Waals surface area (Å²) >= 11 is 0. The van der Waals surface area contributed by atoms with E-state index < -0.39 is 0 Å². The quantitative estimate of drug-likeness (QED) is 0.799. The number of hydrogen-bond donors (Lipinski definition) is 1. The molecule has 0 radical (unpaired) electrons. The molecule has 1 aromatic heterocycles. The summed E-state index contributed by atoms with van der Waals surface area (Å²) in [7, 11) is 0. The highest BCUT2D eigenvalue weighted by Gasteiger charge is 2.42. The van der Waals surface area contributed by atoms with Crippen molar-refractivity contribution in [3.63, 3.8) is 0 Å². The van der Waals surface area contributed by atoms with Gasteiger partial charge in [-0.25, -0.2) is 0 Å². The van der Waals surface area contributed by atoms with E-state index in [0.717, 1.165) is 39.0 Å². The van der Waals surface area contributed by atoms with Crippen molar-refractivity contribution >= 4 is 5.91 Å². The molecule has 0 saturated carbocycles. The van der Waals surface area contributed by atoms with Gasteiger partial charge in [0, 0.05) is 19.3 Å². The van der Waals surface area contributed by atoms with E-state index in [4.69, 9.17) is 9.47 Å². The Balaban J connectivity index is 1.21. The maximum Gasteiger partial charge on any atom is 0.270 e. The van der Waals surface area contributed by atoms with E-state index in [9.17, 15) is 4.79 Å². The van der Waals surface area contributed by atoms with Crippen LogP contribution in [0, 0.1) is 0 Å². The second-order valence-electron chi connectivity index (χ2n) is 7.44. The van der Waals surface area contributed by atoms with Crippen molar-refractivity contribution in [2.24, 2.45) is 0 Å². The molecule has 1 N–H and O–H groups in total. The Labute approximate surface area is 149 Å². The predicted molar refractivity (Wildman–Crippen MR) is 94.6 cm³/mol. The summed E-state index contributed by atoms with van der Waals surface area (Å²) in [6.45, 7) is 5.75. The molecule has 0 unspecified atom stereocenters. The van der Waals surface area contributed by atoms with Crippen LogP contribution in [-0.2, 0) is 9.47 Å². The van der Waals surface area contributed by atoms with E-state index in [-0.39, 0.29) is 24.2 Å². The molecule has 1 aromatic rings. The van der Waals surface area contributed by atoms with E-state index in [1.54, 1.807) is 6.20 Å². The molecule has 3 atom stereocenters. The molecule has 4 heterocycles. The first kappa shape index (κ1) is 17.1. The summed E-state index contributed by atoms with van der Waals surface area (Å²) in [4.78, 5) is 20.1. The maximum absolute atomic E-state index is 12.6. The Morgan fingerprint density at radius 1 is 1.24 bits per heavy atom. The molecule has 138 valence electrons. The van der Waals surface area contributed by atoms with E-state index in [1.807, 2.05) is 17.0 Å². The van der Waals surface area contributed by atoms with Crippen LogP contribution in [-0.4, -0.2) is 78.3 Å². The van der Waals surface area contributed by atoms with Crippen molar-refractivity contribution in [1.82, 2.24) is 14.8 Å². The average Bonchev–Trinajstić information content (AvgIpc) is 3.39. The molecule has 0 bridgehead atoms. The highest BCUT2D eigenvalue weighted by molar-refractivity contribution is 5.92. The van der Waals surface area contributed by atoms with Crippen LogP contribution in [0.15, 0.2) is 18.3 Å². The van der Waals surface area contributed by atoms with E-state index in [2.05, 4.69) is 9.88 Å². The maximum atomic E-state index is 12.6. The Bertz CT molecular complexity index is 556. The molecule has 25 heavy (non-hydrogen) atoms. The van der Waals surface area contributed by atoms with Gasteiger partial charge >= 0.3 is 0 Å². The fraction of sp³-hybridized carbons (Fsp3) is 0.737. The van der Waals surface area contributed by atoms with Gasteiger partial charge in [-0.05, 0) is 57.3 Å². The van der Waals surface area contributed by atoms with Gasteiger partial charge < -0.3 is 24.3 Å². The summed E-state index contributed by atoms with van der Waals surface area (Å²) in [5.74, 6) is 0.0985. The Hall–Kier alpha value is -1.37. The minimum atomic E-state index is 0.0985. The zero-order valence-electron chi connectivity index (χ0n) is 14.9. The smallest absolute Gasteiger partial charge is 0.270 e. The third-order valence-corrected chi connectivity index (χ3v) is 5.78. The summed E-state index contributed by atoms with van der Waals surface area (Å²) in [6, 6.07) is 3.93. The van der Waals surface area contributed by atoms with E-state index in [0.29, 0.717) is 12.3 Å². The topological polar surface area (TPSA) is 57.8 Å². The predicted octanol–water partition coefficient (Wildman–Crippen LogP) is 1.89. The Kier molecular flexibility index (Phi) is 5.39. The van der Waals surface area contributed by atoms with Gasteiger partial charge in [-0.15, -0.1) is 0 Å². The van der Waals surface area contributed by atoms with Crippen LogP contribution in [0.4, 0.5) is 0 Å². The molecule has 3 saturated heterocycles. The fourth-order valence-electron chi connectivity index (χ4n) is 4.41. The normalized spacial score (nSPS) is 29.9. The number of rotatable bonds is 6. The van der Waals surface area contributed by atoms with Crippen LogP contribution in [0.2, 0.25) is 0 Å². The lowest BCUT2D eigenvalue weighted by Crippen LogP contribution is -2.46. The fourth-order valence-corrected chi connectivity index (χ4v) is 4.41. The van der Waals surface area contributed by atoms with Crippen molar-refractivity contribution in [3.8, 4) is 0 Å². The van der Waals surface area contributed by atoms with Gasteiger partial charge in [0.05, 0.1) is 31.5 Å². The van der Waals surface area contributed by atoms with Crippen LogP contribution >= 0.6 is 0 Å². The van der Waals surface area contributed by atoms with Gasteiger partial charge in [0.25, 0.3) is 5.91 Å². The van der Waals surface area contributed by atoms with Crippen molar-refractivity contribution in [1.29, 1.82) is 0 Å². The Morgan fingerprint density at radius 2 is 2.12 bits per heavy atom. The molecule has 0 spiro atoms. The van der Waals surface area contributed by atoms with Crippen molar-refractivity contribution in [2.75, 3.05) is 39.4 Å². The van der Waals surface area contributed by atoms with Gasteiger partial charge in [0.1, 0.15) is 5.69 Å². The lowest BCUT2D eigenvalue weighted by Gasteiger charge is -2.35. The first-order valence-electron chi connectivity index (χ1n) is 9.71. The highest BCUT2D eigenvalue weighted by atomic mass is 16.5. The van der Waals surface area contributed by atoms with Crippen LogP contribution in [0.25, 0.3) is 0 Å². The first-order chi connectivity index (χ1) is 12.3. The van der Waals surface area contributed by atoms with Gasteiger partial charge in [-0.1, -0.05) is 0 Å². The number of fused-ring (bicyclic) bond motifs is 1. The molecule has 3 aliphatic heterocycles. The molecule has 6 heteroatoms. The second-order valence-corrected chi connectivity index (χ2v) is 7.44. The van der Waals surface area contributed by atoms with E-state index >= 15 is 0 Å². The van der Waals surface area contributed by atoms with Crippen LogP contribution in [0.5, 0.6) is 0 Å². The third-order valence-electron chi connectivity index (χ3n) is 5.78. The molecule has 6 nitrogen and oxygen atoms in total. The minimum absolute atomic E-state index is 0.0985. The van der Waals surface area contributed by atoms with Crippen LogP contribution in [0.1, 0.15) is 42.6 Å². The number of hydrogen-bond acceptors (Lipinski definition) is 4. The lowest BCUT2D eigenvalue weighted by atomic mass is 9.99. The van der Waals surface area contributed by atoms with E-state index in [1.165, 1.54) is 25.9 Å². The number of H-pyrrole nitrogens is 1. The zero-order valence-corrected chi connectivity index (χ0v) is 14.9. The Morgan fingerprint density at radius 3 is 2.92 bits per heavy atom. The molecule has 0 aromatic carbocycles. The largest absolute Gasteiger partial charge is 0.377 e. The molecule has 4 rings (SSSR count). The number of aromatic nitrogens is 1. The minimum Gasteiger partial charge on any atom is -0.377 e. The molecular formula is C19H29N3O3. The van der Waals surface area contributed by atoms with Crippen LogP contribution in [0.3, 0.4) is 0 Å². The van der Waals surface area contributed by atoms with Gasteiger partial charge in [-0.3, -0.25) is 4.79 Å². The monoisotopic (exact) mass is 347 g/mol. The average molecular weight is 347 g/mol. The summed E-state index contributed by atoms with van der Waals surface area (Å²) < 4.78 is 12.1. The highest BCUT2D eigenvalue weighted by Crippen LogP contribution is 2.32. The first-order valence-corrected chi connectivity index (χ1v) is 9.71. The number of likely N-dealkylation sites (tertiary alicyclic amines) is 2. The second kappa shape index (κ2) is 7.89. The number of nitrogens with one attached hydrogen (secondary N) is 1. The molecular weight excluding hydrogens is 318 g/mol. The number of carbonyl (C=O) groups is 1. The molecule has 3 fully saturated rings. The summed E-state index contributed by atoms with van der Waals surface area (Å²) in [5, 5.41) is 0. The summed E-state index contributed by atoms with van der Waals surface area (Å²) in [5.41, 5.74) is 0.674. The number of aromatic amines is 1. The van der Waals surface area contributed by atoms with Gasteiger partial charge in [0.15, 0.2) is 0 Å². The van der Waals surface area contributed by atoms with Gasteiger partial charge in [-0.2, -0.15) is 0 Å². The lowest BCUT2D eigenvalue weighted by molar-refractivity contribution is -0.0972. The third kappa shape index (κ3) is 3.91. The molecule has 0 aliphatic carbocycles. The number of nitrogens with zero attached hydrogens (tertiary/aromatic N) is 2.